The molecule has 1 unspecified atom stereocenters. The van der Waals surface area contributed by atoms with Gasteiger partial charge in [0.15, 0.2) is 0 Å². The number of ether oxygens (including phenoxy) is 1. The molecule has 0 aliphatic carbocycles. The summed E-state index contributed by atoms with van der Waals surface area (Å²) in [5.74, 6) is 0.684. The number of nitrogens with zero attached hydrogens (tertiary/aromatic N) is 1. The van der Waals surface area contributed by atoms with Crippen LogP contribution in [0.2, 0.25) is 0 Å². The third-order valence-electron chi connectivity index (χ3n) is 2.92. The second-order valence-corrected chi connectivity index (χ2v) is 4.15. The molecule has 0 radical (unpaired) electrons. The van der Waals surface area contributed by atoms with Crippen molar-refractivity contribution >= 4 is 0 Å². The smallest absolute Gasteiger partial charge is 0.0507 e. The Morgan fingerprint density at radius 2 is 2.60 bits per heavy atom. The molecule has 15 heavy (non-hydrogen) atoms. The van der Waals surface area contributed by atoms with Gasteiger partial charge in [-0.25, -0.2) is 0 Å². The van der Waals surface area contributed by atoms with Gasteiger partial charge < -0.3 is 10.1 Å². The van der Waals surface area contributed by atoms with Crippen molar-refractivity contribution in [1.82, 2.24) is 10.3 Å². The predicted octanol–water partition coefficient (Wildman–Crippen LogP) is 1.77. The van der Waals surface area contributed by atoms with Gasteiger partial charge in [0.1, 0.15) is 0 Å². The second-order valence-electron chi connectivity index (χ2n) is 4.15. The SMILES string of the molecule is C[C@H](NCC1CCOC1)c1cccnc1. The molecule has 3 nitrogen and oxygen atoms in total. The molecule has 1 aromatic rings. The van der Waals surface area contributed by atoms with E-state index in [-0.39, 0.29) is 0 Å². The molecular formula is C12H18N2O. The predicted molar refractivity (Wildman–Crippen MR) is 59.6 cm³/mol. The minimum absolute atomic E-state index is 0.374. The highest BCUT2D eigenvalue weighted by molar-refractivity contribution is 5.12. The summed E-state index contributed by atoms with van der Waals surface area (Å²) in [5.41, 5.74) is 1.25. The number of nitrogens with one attached hydrogen (secondary N) is 1. The average Bonchev–Trinajstić information content (AvgIpc) is 2.80. The summed E-state index contributed by atoms with van der Waals surface area (Å²) >= 11 is 0. The summed E-state index contributed by atoms with van der Waals surface area (Å²) in [7, 11) is 0. The molecule has 3 heteroatoms. The maximum Gasteiger partial charge on any atom is 0.0507 e. The summed E-state index contributed by atoms with van der Waals surface area (Å²) < 4.78 is 5.34. The van der Waals surface area contributed by atoms with Crippen LogP contribution in [0.25, 0.3) is 0 Å². The van der Waals surface area contributed by atoms with Gasteiger partial charge in [-0.05, 0) is 30.9 Å². The average molecular weight is 206 g/mol. The normalized spacial score (nSPS) is 22.9. The Balaban J connectivity index is 1.79. The third-order valence-corrected chi connectivity index (χ3v) is 2.92. The van der Waals surface area contributed by atoms with E-state index in [1.165, 1.54) is 12.0 Å². The van der Waals surface area contributed by atoms with E-state index in [1.54, 1.807) is 6.20 Å². The first kappa shape index (κ1) is 10.6. The van der Waals surface area contributed by atoms with Crippen LogP contribution >= 0.6 is 0 Å². The Hall–Kier alpha value is -0.930. The van der Waals surface area contributed by atoms with Crippen LogP contribution in [0.5, 0.6) is 0 Å². The van der Waals surface area contributed by atoms with Gasteiger partial charge in [0, 0.05) is 31.6 Å². The lowest BCUT2D eigenvalue weighted by Crippen LogP contribution is -2.26. The summed E-state index contributed by atoms with van der Waals surface area (Å²) in [4.78, 5) is 4.12. The highest BCUT2D eigenvalue weighted by Crippen LogP contribution is 2.14. The van der Waals surface area contributed by atoms with Gasteiger partial charge in [0.05, 0.1) is 6.61 Å². The summed E-state index contributed by atoms with van der Waals surface area (Å²) in [6.45, 7) is 5.04. The summed E-state index contributed by atoms with van der Waals surface area (Å²) in [5, 5.41) is 3.52. The largest absolute Gasteiger partial charge is 0.381 e. The molecule has 0 spiro atoms. The minimum atomic E-state index is 0.374. The van der Waals surface area contributed by atoms with Crippen LogP contribution in [0.4, 0.5) is 0 Å². The van der Waals surface area contributed by atoms with E-state index >= 15 is 0 Å². The van der Waals surface area contributed by atoms with E-state index in [4.69, 9.17) is 4.74 Å². The Kier molecular flexibility index (Phi) is 3.69. The maximum atomic E-state index is 5.34. The zero-order valence-corrected chi connectivity index (χ0v) is 9.15. The van der Waals surface area contributed by atoms with Gasteiger partial charge in [-0.3, -0.25) is 4.98 Å². The maximum absolute atomic E-state index is 5.34. The second kappa shape index (κ2) is 5.24. The number of hydrogen-bond acceptors (Lipinski definition) is 3. The Bertz CT molecular complexity index is 283. The first-order valence-electron chi connectivity index (χ1n) is 5.57. The molecule has 1 aliphatic heterocycles. The summed E-state index contributed by atoms with van der Waals surface area (Å²) in [6.07, 6.45) is 4.91. The van der Waals surface area contributed by atoms with Gasteiger partial charge in [-0.2, -0.15) is 0 Å². The number of rotatable bonds is 4. The van der Waals surface area contributed by atoms with Gasteiger partial charge in [-0.1, -0.05) is 6.07 Å². The van der Waals surface area contributed by atoms with Crippen LogP contribution in [0.3, 0.4) is 0 Å². The Labute approximate surface area is 90.9 Å². The van der Waals surface area contributed by atoms with Crippen molar-refractivity contribution in [2.75, 3.05) is 19.8 Å². The van der Waals surface area contributed by atoms with Crippen molar-refractivity contribution < 1.29 is 4.74 Å². The lowest BCUT2D eigenvalue weighted by Gasteiger charge is -2.16. The molecule has 82 valence electrons. The fourth-order valence-corrected chi connectivity index (χ4v) is 1.84. The molecule has 1 aromatic heterocycles. The van der Waals surface area contributed by atoms with E-state index in [2.05, 4.69) is 23.3 Å². The van der Waals surface area contributed by atoms with Crippen LogP contribution in [-0.2, 0) is 4.74 Å². The van der Waals surface area contributed by atoms with Crippen molar-refractivity contribution in [1.29, 1.82) is 0 Å². The van der Waals surface area contributed by atoms with E-state index in [1.807, 2.05) is 12.3 Å². The third kappa shape index (κ3) is 3.01. The van der Waals surface area contributed by atoms with Crippen LogP contribution < -0.4 is 5.32 Å². The molecule has 0 aromatic carbocycles. The molecule has 1 fully saturated rings. The van der Waals surface area contributed by atoms with Crippen LogP contribution in [0, 0.1) is 5.92 Å². The fraction of sp³-hybridized carbons (Fsp3) is 0.583. The first-order chi connectivity index (χ1) is 7.36. The topological polar surface area (TPSA) is 34.1 Å². The van der Waals surface area contributed by atoms with Crippen molar-refractivity contribution in [3.05, 3.63) is 30.1 Å². The molecule has 1 saturated heterocycles. The van der Waals surface area contributed by atoms with Crippen molar-refractivity contribution in [2.24, 2.45) is 5.92 Å². The first-order valence-corrected chi connectivity index (χ1v) is 5.57. The van der Waals surface area contributed by atoms with Crippen molar-refractivity contribution in [3.63, 3.8) is 0 Å². The zero-order chi connectivity index (χ0) is 10.5. The molecule has 0 amide bonds. The lowest BCUT2D eigenvalue weighted by molar-refractivity contribution is 0.184. The summed E-state index contributed by atoms with van der Waals surface area (Å²) in [6, 6.07) is 4.46. The van der Waals surface area contributed by atoms with Gasteiger partial charge in [-0.15, -0.1) is 0 Å². The quantitative estimate of drug-likeness (QED) is 0.815. The molecular weight excluding hydrogens is 188 g/mol. The molecule has 0 bridgehead atoms. The van der Waals surface area contributed by atoms with Gasteiger partial charge >= 0.3 is 0 Å². The fourth-order valence-electron chi connectivity index (χ4n) is 1.84. The molecule has 2 heterocycles. The molecule has 0 saturated carbocycles. The van der Waals surface area contributed by atoms with E-state index in [9.17, 15) is 0 Å². The van der Waals surface area contributed by atoms with E-state index in [0.717, 1.165) is 19.8 Å². The number of pyridine rings is 1. The van der Waals surface area contributed by atoms with Gasteiger partial charge in [0.2, 0.25) is 0 Å². The monoisotopic (exact) mass is 206 g/mol. The number of hydrogen-bond donors (Lipinski definition) is 1. The van der Waals surface area contributed by atoms with Crippen LogP contribution in [0.15, 0.2) is 24.5 Å². The highest BCUT2D eigenvalue weighted by atomic mass is 16.5. The lowest BCUT2D eigenvalue weighted by atomic mass is 10.1. The molecule has 2 atom stereocenters. The Morgan fingerprint density at radius 1 is 1.67 bits per heavy atom. The highest BCUT2D eigenvalue weighted by Gasteiger charge is 2.16. The van der Waals surface area contributed by atoms with Crippen molar-refractivity contribution in [3.8, 4) is 0 Å². The molecule has 1 N–H and O–H groups in total. The van der Waals surface area contributed by atoms with E-state index < -0.39 is 0 Å². The molecule has 2 rings (SSSR count). The standard InChI is InChI=1S/C12H18N2O/c1-10(12-3-2-5-13-8-12)14-7-11-4-6-15-9-11/h2-3,5,8,10-11,14H,4,6-7,9H2,1H3/t10-,11?/m0/s1. The van der Waals surface area contributed by atoms with Crippen molar-refractivity contribution in [2.45, 2.75) is 19.4 Å². The van der Waals surface area contributed by atoms with E-state index in [0.29, 0.717) is 12.0 Å². The number of aromatic nitrogens is 1. The molecule has 1 aliphatic rings. The Morgan fingerprint density at radius 3 is 3.27 bits per heavy atom. The van der Waals surface area contributed by atoms with Crippen LogP contribution in [-0.4, -0.2) is 24.7 Å². The van der Waals surface area contributed by atoms with Gasteiger partial charge in [0.25, 0.3) is 0 Å². The minimum Gasteiger partial charge on any atom is -0.381 e. The van der Waals surface area contributed by atoms with Crippen LogP contribution in [0.1, 0.15) is 24.9 Å². The zero-order valence-electron chi connectivity index (χ0n) is 9.15.